The fourth-order valence-corrected chi connectivity index (χ4v) is 3.04. The van der Waals surface area contributed by atoms with Gasteiger partial charge in [0.15, 0.2) is 5.65 Å². The minimum absolute atomic E-state index is 0.266. The minimum Gasteiger partial charge on any atom is -0.378 e. The van der Waals surface area contributed by atoms with Crippen LogP contribution in [0, 0.1) is 6.92 Å². The summed E-state index contributed by atoms with van der Waals surface area (Å²) in [5.41, 5.74) is 1.95. The average Bonchev–Trinajstić information content (AvgIpc) is 2.55. The van der Waals surface area contributed by atoms with Gasteiger partial charge in [0.05, 0.1) is 33.0 Å². The molecule has 2 heterocycles. The van der Waals surface area contributed by atoms with Crippen molar-refractivity contribution >= 4 is 57.7 Å². The molecule has 0 bridgehead atoms. The highest BCUT2D eigenvalue weighted by molar-refractivity contribution is 6.37. The number of rotatable bonds is 3. The Kier molecular flexibility index (Phi) is 4.92. The molecule has 0 unspecified atom stereocenters. The van der Waals surface area contributed by atoms with E-state index in [4.69, 9.17) is 46.4 Å². The summed E-state index contributed by atoms with van der Waals surface area (Å²) in [6.07, 6.45) is 1.51. The van der Waals surface area contributed by atoms with Crippen molar-refractivity contribution in [3.8, 4) is 0 Å². The first kappa shape index (κ1) is 17.4. The molecular formula is C16H11Cl4N3O. The molecule has 4 nitrogen and oxygen atoms in total. The van der Waals surface area contributed by atoms with Crippen molar-refractivity contribution in [1.29, 1.82) is 0 Å². The molecule has 0 aliphatic rings. The molecule has 0 aliphatic heterocycles. The number of halogens is 4. The third kappa shape index (κ3) is 3.33. The first-order chi connectivity index (χ1) is 11.4. The summed E-state index contributed by atoms with van der Waals surface area (Å²) in [6.45, 7) is 2.07. The number of benzene rings is 1. The Labute approximate surface area is 157 Å². The van der Waals surface area contributed by atoms with E-state index in [2.05, 4.69) is 10.3 Å². The van der Waals surface area contributed by atoms with Gasteiger partial charge in [0, 0.05) is 17.3 Å². The lowest BCUT2D eigenvalue weighted by atomic mass is 10.2. The first-order valence-electron chi connectivity index (χ1n) is 6.92. The number of aromatic nitrogens is 2. The maximum Gasteiger partial charge on any atom is 0.258 e. The average molecular weight is 403 g/mol. The Hall–Kier alpha value is -1.46. The van der Waals surface area contributed by atoms with Gasteiger partial charge in [0.1, 0.15) is 0 Å². The fraction of sp³-hybridized carbons (Fsp3) is 0.125. The molecule has 0 fully saturated rings. The van der Waals surface area contributed by atoms with Crippen molar-refractivity contribution in [3.05, 3.63) is 72.2 Å². The maximum atomic E-state index is 12.3. The highest BCUT2D eigenvalue weighted by atomic mass is 35.5. The van der Waals surface area contributed by atoms with Gasteiger partial charge in [-0.3, -0.25) is 9.20 Å². The van der Waals surface area contributed by atoms with Gasteiger partial charge >= 0.3 is 0 Å². The van der Waals surface area contributed by atoms with E-state index < -0.39 is 0 Å². The van der Waals surface area contributed by atoms with E-state index in [1.54, 1.807) is 25.1 Å². The second kappa shape index (κ2) is 6.81. The molecule has 3 aromatic rings. The van der Waals surface area contributed by atoms with Gasteiger partial charge < -0.3 is 5.32 Å². The Bertz CT molecular complexity index is 1000. The smallest absolute Gasteiger partial charge is 0.258 e. The van der Waals surface area contributed by atoms with Crippen LogP contribution >= 0.6 is 46.4 Å². The van der Waals surface area contributed by atoms with Gasteiger partial charge in [-0.05, 0) is 30.7 Å². The number of fused-ring (bicyclic) bond motifs is 1. The van der Waals surface area contributed by atoms with Gasteiger partial charge in [-0.1, -0.05) is 46.4 Å². The van der Waals surface area contributed by atoms with E-state index in [-0.39, 0.29) is 5.56 Å². The van der Waals surface area contributed by atoms with Crippen molar-refractivity contribution in [1.82, 2.24) is 9.38 Å². The van der Waals surface area contributed by atoms with Gasteiger partial charge in [0.25, 0.3) is 5.56 Å². The van der Waals surface area contributed by atoms with Crippen LogP contribution in [-0.2, 0) is 6.54 Å². The van der Waals surface area contributed by atoms with Crippen LogP contribution in [-0.4, -0.2) is 9.38 Å². The number of pyridine rings is 1. The molecule has 0 amide bonds. The lowest BCUT2D eigenvalue weighted by molar-refractivity contribution is 0.968. The largest absolute Gasteiger partial charge is 0.378 e. The van der Waals surface area contributed by atoms with E-state index in [1.807, 2.05) is 0 Å². The molecule has 0 radical (unpaired) electrons. The molecule has 2 aromatic heterocycles. The monoisotopic (exact) mass is 401 g/mol. The first-order valence-corrected chi connectivity index (χ1v) is 8.44. The zero-order valence-corrected chi connectivity index (χ0v) is 15.4. The molecule has 1 aromatic carbocycles. The zero-order chi connectivity index (χ0) is 17.4. The quantitative estimate of drug-likeness (QED) is 0.652. The van der Waals surface area contributed by atoms with E-state index in [9.17, 15) is 4.79 Å². The summed E-state index contributed by atoms with van der Waals surface area (Å²) in [5.74, 6) is 0. The molecule has 124 valence electrons. The van der Waals surface area contributed by atoms with E-state index in [0.29, 0.717) is 49.2 Å². The number of anilines is 1. The lowest BCUT2D eigenvalue weighted by Crippen LogP contribution is -2.17. The standard InChI is InChI=1S/C16H11Cl4N3O/c1-8-12(19)7-23-14(24)5-10(22-16(23)15(8)20)6-21-13-4-9(17)2-3-11(13)18/h2-5,7,21H,6H2,1H3. The minimum atomic E-state index is -0.266. The lowest BCUT2D eigenvalue weighted by Gasteiger charge is -2.11. The topological polar surface area (TPSA) is 46.4 Å². The van der Waals surface area contributed by atoms with Crippen LogP contribution in [0.4, 0.5) is 5.69 Å². The van der Waals surface area contributed by atoms with E-state index in [1.165, 1.54) is 16.7 Å². The van der Waals surface area contributed by atoms with Crippen molar-refractivity contribution in [2.24, 2.45) is 0 Å². The predicted molar refractivity (Wildman–Crippen MR) is 100 cm³/mol. The molecule has 3 rings (SSSR count). The fourth-order valence-electron chi connectivity index (χ4n) is 2.21. The summed E-state index contributed by atoms with van der Waals surface area (Å²) < 4.78 is 1.33. The number of hydrogen-bond donors (Lipinski definition) is 1. The Balaban J connectivity index is 1.99. The summed E-state index contributed by atoms with van der Waals surface area (Å²) >= 11 is 24.4. The third-order valence-corrected chi connectivity index (χ3v) is 4.92. The van der Waals surface area contributed by atoms with Gasteiger partial charge in [-0.2, -0.15) is 0 Å². The van der Waals surface area contributed by atoms with Crippen LogP contribution in [0.5, 0.6) is 0 Å². The van der Waals surface area contributed by atoms with Gasteiger partial charge in [0.2, 0.25) is 0 Å². The Morgan fingerprint density at radius 3 is 2.62 bits per heavy atom. The van der Waals surface area contributed by atoms with Crippen LogP contribution in [0.2, 0.25) is 20.1 Å². The predicted octanol–water partition coefficient (Wildman–Crippen LogP) is 5.23. The zero-order valence-electron chi connectivity index (χ0n) is 12.4. The van der Waals surface area contributed by atoms with Crippen LogP contribution in [0.1, 0.15) is 11.3 Å². The van der Waals surface area contributed by atoms with E-state index in [0.717, 1.165) is 0 Å². The summed E-state index contributed by atoms with van der Waals surface area (Å²) in [5, 5.41) is 4.95. The molecule has 0 saturated heterocycles. The highest BCUT2D eigenvalue weighted by Crippen LogP contribution is 2.27. The van der Waals surface area contributed by atoms with Gasteiger partial charge in [-0.15, -0.1) is 0 Å². The summed E-state index contributed by atoms with van der Waals surface area (Å²) in [7, 11) is 0. The Morgan fingerprint density at radius 2 is 1.88 bits per heavy atom. The van der Waals surface area contributed by atoms with Crippen molar-refractivity contribution in [2.75, 3.05) is 5.32 Å². The van der Waals surface area contributed by atoms with Crippen LogP contribution in [0.3, 0.4) is 0 Å². The second-order valence-electron chi connectivity index (χ2n) is 5.17. The number of nitrogens with one attached hydrogen (secondary N) is 1. The highest BCUT2D eigenvalue weighted by Gasteiger charge is 2.11. The SMILES string of the molecule is Cc1c(Cl)cn2c(=O)cc(CNc3cc(Cl)ccc3Cl)nc2c1Cl. The molecule has 0 atom stereocenters. The maximum absolute atomic E-state index is 12.3. The van der Waals surface area contributed by atoms with Crippen LogP contribution < -0.4 is 10.9 Å². The van der Waals surface area contributed by atoms with Crippen molar-refractivity contribution in [2.45, 2.75) is 13.5 Å². The molecule has 24 heavy (non-hydrogen) atoms. The Morgan fingerprint density at radius 1 is 1.12 bits per heavy atom. The molecule has 0 aliphatic carbocycles. The van der Waals surface area contributed by atoms with Gasteiger partial charge in [-0.25, -0.2) is 4.98 Å². The molecular weight excluding hydrogens is 392 g/mol. The summed E-state index contributed by atoms with van der Waals surface area (Å²) in [6, 6.07) is 6.51. The molecule has 1 N–H and O–H groups in total. The van der Waals surface area contributed by atoms with Crippen LogP contribution in [0.25, 0.3) is 5.65 Å². The second-order valence-corrected chi connectivity index (χ2v) is 6.80. The molecule has 0 saturated carbocycles. The molecule has 8 heteroatoms. The normalized spacial score (nSPS) is 11.0. The van der Waals surface area contributed by atoms with Crippen molar-refractivity contribution in [3.63, 3.8) is 0 Å². The number of hydrogen-bond acceptors (Lipinski definition) is 3. The number of nitrogens with zero attached hydrogens (tertiary/aromatic N) is 2. The van der Waals surface area contributed by atoms with Crippen molar-refractivity contribution < 1.29 is 0 Å². The third-order valence-electron chi connectivity index (χ3n) is 3.52. The molecule has 0 spiro atoms. The summed E-state index contributed by atoms with van der Waals surface area (Å²) in [4.78, 5) is 16.7. The van der Waals surface area contributed by atoms with Crippen LogP contribution in [0.15, 0.2) is 35.3 Å². The van der Waals surface area contributed by atoms with E-state index >= 15 is 0 Å².